The molecule has 3 aromatic heterocycles. The lowest BCUT2D eigenvalue weighted by Gasteiger charge is -2.18. The number of rotatable bonds is 8. The predicted molar refractivity (Wildman–Crippen MR) is 135 cm³/mol. The molecule has 0 saturated heterocycles. The number of thiazole rings is 1. The average molecular weight is 467 g/mol. The lowest BCUT2D eigenvalue weighted by Crippen LogP contribution is -2.19. The minimum Gasteiger partial charge on any atom is -0.396 e. The molecule has 2 fully saturated rings. The maximum absolute atomic E-state index is 9.59. The Morgan fingerprint density at radius 3 is 2.64 bits per heavy atom. The van der Waals surface area contributed by atoms with Crippen molar-refractivity contribution in [1.29, 1.82) is 0 Å². The van der Waals surface area contributed by atoms with Crippen molar-refractivity contribution in [3.05, 3.63) is 23.7 Å². The average Bonchev–Trinajstić information content (AvgIpc) is 3.55. The van der Waals surface area contributed by atoms with Gasteiger partial charge in [0.25, 0.3) is 0 Å². The second kappa shape index (κ2) is 9.89. The summed E-state index contributed by atoms with van der Waals surface area (Å²) in [7, 11) is 0. The molecule has 2 unspecified atom stereocenters. The summed E-state index contributed by atoms with van der Waals surface area (Å²) < 4.78 is 1.13. The Morgan fingerprint density at radius 1 is 1.03 bits per heavy atom. The molecule has 3 heterocycles. The first-order chi connectivity index (χ1) is 16.1. The molecule has 0 radical (unpaired) electrons. The summed E-state index contributed by atoms with van der Waals surface area (Å²) in [6.07, 6.45) is 11.5. The number of aliphatic hydroxyl groups excluding tert-OH is 1. The van der Waals surface area contributed by atoms with Gasteiger partial charge in [-0.25, -0.2) is 9.97 Å². The third-order valence-electron chi connectivity index (χ3n) is 7.24. The zero-order valence-electron chi connectivity index (χ0n) is 19.6. The van der Waals surface area contributed by atoms with Gasteiger partial charge in [0.05, 0.1) is 21.7 Å². The van der Waals surface area contributed by atoms with Gasteiger partial charge in [0.1, 0.15) is 16.3 Å². The van der Waals surface area contributed by atoms with Crippen molar-refractivity contribution in [2.24, 2.45) is 11.8 Å². The SMILES string of the molecule is Cc1nc(NCCC2CCCC2)nc(NC2CCC(CO)C2)c1-c1nc2c(C)nccc2s1. The van der Waals surface area contributed by atoms with Gasteiger partial charge in [0.2, 0.25) is 5.95 Å². The van der Waals surface area contributed by atoms with Crippen LogP contribution in [0, 0.1) is 25.7 Å². The number of pyridine rings is 1. The highest BCUT2D eigenvalue weighted by molar-refractivity contribution is 7.21. The highest BCUT2D eigenvalue weighted by Gasteiger charge is 2.27. The van der Waals surface area contributed by atoms with Crippen LogP contribution in [0.15, 0.2) is 12.3 Å². The van der Waals surface area contributed by atoms with Gasteiger partial charge in [0, 0.05) is 25.4 Å². The maximum Gasteiger partial charge on any atom is 0.224 e. The third-order valence-corrected chi connectivity index (χ3v) is 8.28. The lowest BCUT2D eigenvalue weighted by molar-refractivity contribution is 0.229. The van der Waals surface area contributed by atoms with Gasteiger partial charge in [-0.2, -0.15) is 4.98 Å². The summed E-state index contributed by atoms with van der Waals surface area (Å²) in [5.41, 5.74) is 3.79. The second-order valence-corrected chi connectivity index (χ2v) is 10.7. The molecule has 0 spiro atoms. The topological polar surface area (TPSA) is 95.9 Å². The number of aromatic nitrogens is 4. The quantitative estimate of drug-likeness (QED) is 0.413. The van der Waals surface area contributed by atoms with Crippen molar-refractivity contribution in [2.45, 2.75) is 71.3 Å². The minimum absolute atomic E-state index is 0.256. The Kier molecular flexibility index (Phi) is 6.74. The fourth-order valence-electron chi connectivity index (χ4n) is 5.35. The number of hydrogen-bond donors (Lipinski definition) is 3. The first-order valence-electron chi connectivity index (χ1n) is 12.3. The minimum atomic E-state index is 0.256. The van der Waals surface area contributed by atoms with Crippen LogP contribution in [0.5, 0.6) is 0 Å². The molecular weight excluding hydrogens is 432 g/mol. The number of aliphatic hydroxyl groups is 1. The largest absolute Gasteiger partial charge is 0.396 e. The number of aryl methyl sites for hydroxylation is 2. The molecule has 7 nitrogen and oxygen atoms in total. The van der Waals surface area contributed by atoms with E-state index in [1.165, 1.54) is 32.1 Å². The number of fused-ring (bicyclic) bond motifs is 1. The van der Waals surface area contributed by atoms with E-state index in [4.69, 9.17) is 15.0 Å². The number of anilines is 2. The summed E-state index contributed by atoms with van der Waals surface area (Å²) in [6.45, 7) is 5.21. The smallest absolute Gasteiger partial charge is 0.224 e. The van der Waals surface area contributed by atoms with Crippen LogP contribution in [0.2, 0.25) is 0 Å². The van der Waals surface area contributed by atoms with E-state index in [2.05, 4.69) is 15.6 Å². The number of nitrogens with one attached hydrogen (secondary N) is 2. The summed E-state index contributed by atoms with van der Waals surface area (Å²) in [5, 5.41) is 17.7. The molecule has 2 saturated carbocycles. The van der Waals surface area contributed by atoms with Gasteiger partial charge < -0.3 is 15.7 Å². The summed E-state index contributed by atoms with van der Waals surface area (Å²) in [4.78, 5) is 19.1. The first kappa shape index (κ1) is 22.5. The summed E-state index contributed by atoms with van der Waals surface area (Å²) in [5.74, 6) is 2.74. The fourth-order valence-corrected chi connectivity index (χ4v) is 6.46. The van der Waals surface area contributed by atoms with Gasteiger partial charge in [0.15, 0.2) is 0 Å². The van der Waals surface area contributed by atoms with Gasteiger partial charge in [-0.3, -0.25) is 4.98 Å². The fraction of sp³-hybridized carbons (Fsp3) is 0.600. The van der Waals surface area contributed by atoms with Crippen LogP contribution in [0.4, 0.5) is 11.8 Å². The van der Waals surface area contributed by atoms with Crippen LogP contribution >= 0.6 is 11.3 Å². The molecule has 0 amide bonds. The van der Waals surface area contributed by atoms with E-state index < -0.39 is 0 Å². The molecular formula is C25H34N6OS. The second-order valence-electron chi connectivity index (χ2n) is 9.69. The van der Waals surface area contributed by atoms with E-state index in [-0.39, 0.29) is 6.61 Å². The molecule has 3 aromatic rings. The Balaban J connectivity index is 1.44. The Bertz CT molecular complexity index is 1110. The van der Waals surface area contributed by atoms with E-state index in [1.54, 1.807) is 11.3 Å². The van der Waals surface area contributed by atoms with Crippen molar-refractivity contribution in [1.82, 2.24) is 19.9 Å². The molecule has 0 bridgehead atoms. The third kappa shape index (κ3) is 4.96. The van der Waals surface area contributed by atoms with Crippen LogP contribution in [0.25, 0.3) is 20.8 Å². The molecule has 5 rings (SSSR count). The molecule has 0 aromatic carbocycles. The van der Waals surface area contributed by atoms with Crippen molar-refractivity contribution in [3.8, 4) is 10.6 Å². The normalized spacial score (nSPS) is 21.2. The Morgan fingerprint density at radius 2 is 1.88 bits per heavy atom. The van der Waals surface area contributed by atoms with Crippen molar-refractivity contribution in [3.63, 3.8) is 0 Å². The number of nitrogens with zero attached hydrogens (tertiary/aromatic N) is 4. The molecule has 33 heavy (non-hydrogen) atoms. The van der Waals surface area contributed by atoms with Crippen LogP contribution in [-0.2, 0) is 0 Å². The summed E-state index contributed by atoms with van der Waals surface area (Å²) >= 11 is 1.66. The van der Waals surface area contributed by atoms with Gasteiger partial charge in [-0.05, 0) is 57.4 Å². The van der Waals surface area contributed by atoms with E-state index in [1.807, 2.05) is 26.1 Å². The van der Waals surface area contributed by atoms with Crippen LogP contribution in [0.1, 0.15) is 62.8 Å². The van der Waals surface area contributed by atoms with Gasteiger partial charge in [-0.15, -0.1) is 11.3 Å². The molecule has 8 heteroatoms. The highest BCUT2D eigenvalue weighted by atomic mass is 32.1. The van der Waals surface area contributed by atoms with E-state index in [0.717, 1.165) is 69.7 Å². The predicted octanol–water partition coefficient (Wildman–Crippen LogP) is 5.33. The summed E-state index contributed by atoms with van der Waals surface area (Å²) in [6, 6.07) is 2.33. The van der Waals surface area contributed by atoms with E-state index >= 15 is 0 Å². The monoisotopic (exact) mass is 466 g/mol. The van der Waals surface area contributed by atoms with Gasteiger partial charge in [-0.1, -0.05) is 25.7 Å². The molecule has 0 aliphatic heterocycles. The van der Waals surface area contributed by atoms with Crippen molar-refractivity contribution < 1.29 is 5.11 Å². The molecule has 3 N–H and O–H groups in total. The van der Waals surface area contributed by atoms with E-state index in [0.29, 0.717) is 17.9 Å². The zero-order chi connectivity index (χ0) is 22.8. The standard InChI is InChI=1S/C25H34N6OS/c1-15-21(24-30-22-16(2)26-12-10-20(22)33-24)23(29-19-8-7-18(13-19)14-32)31-25(28-15)27-11-9-17-5-3-4-6-17/h10,12,17-19,32H,3-9,11,13-14H2,1-2H3,(H2,27,28,29,31). The molecule has 2 aliphatic rings. The lowest BCUT2D eigenvalue weighted by atomic mass is 10.0. The van der Waals surface area contributed by atoms with Crippen LogP contribution < -0.4 is 10.6 Å². The highest BCUT2D eigenvalue weighted by Crippen LogP contribution is 2.38. The van der Waals surface area contributed by atoms with Crippen LogP contribution in [-0.4, -0.2) is 44.2 Å². The Labute approximate surface area is 199 Å². The molecule has 2 atom stereocenters. The van der Waals surface area contributed by atoms with Gasteiger partial charge >= 0.3 is 0 Å². The zero-order valence-corrected chi connectivity index (χ0v) is 20.4. The Hall–Kier alpha value is -2.32. The van der Waals surface area contributed by atoms with Crippen molar-refractivity contribution >= 4 is 33.3 Å². The van der Waals surface area contributed by atoms with Crippen molar-refractivity contribution in [2.75, 3.05) is 23.8 Å². The number of hydrogen-bond acceptors (Lipinski definition) is 8. The molecule has 176 valence electrons. The first-order valence-corrected chi connectivity index (χ1v) is 13.1. The molecule has 2 aliphatic carbocycles. The maximum atomic E-state index is 9.59. The van der Waals surface area contributed by atoms with Crippen LogP contribution in [0.3, 0.4) is 0 Å². The van der Waals surface area contributed by atoms with E-state index in [9.17, 15) is 5.11 Å².